The van der Waals surface area contributed by atoms with Crippen LogP contribution in [0.3, 0.4) is 0 Å². The van der Waals surface area contributed by atoms with E-state index in [-0.39, 0.29) is 10.7 Å². The summed E-state index contributed by atoms with van der Waals surface area (Å²) in [5.74, 6) is -0.295. The first-order valence-electron chi connectivity index (χ1n) is 7.84. The summed E-state index contributed by atoms with van der Waals surface area (Å²) in [4.78, 5) is 20.9. The molecular formula is C19H13ClFN5O. The molecule has 0 fully saturated rings. The number of nitrogens with zero attached hydrogens (tertiary/aromatic N) is 3. The van der Waals surface area contributed by atoms with Crippen molar-refractivity contribution in [1.82, 2.24) is 9.97 Å². The van der Waals surface area contributed by atoms with Gasteiger partial charge in [-0.1, -0.05) is 23.7 Å². The third-order valence-corrected chi connectivity index (χ3v) is 3.85. The highest BCUT2D eigenvalue weighted by Crippen LogP contribution is 2.22. The highest BCUT2D eigenvalue weighted by molar-refractivity contribution is 6.31. The molecule has 2 N–H and O–H groups in total. The molecule has 0 radical (unpaired) electrons. The zero-order valence-electron chi connectivity index (χ0n) is 14.1. The van der Waals surface area contributed by atoms with Crippen LogP contribution in [-0.4, -0.2) is 15.9 Å². The van der Waals surface area contributed by atoms with Gasteiger partial charge >= 0.3 is 0 Å². The molecule has 1 amide bonds. The summed E-state index contributed by atoms with van der Waals surface area (Å²) in [6.45, 7) is 1.64. The highest BCUT2D eigenvalue weighted by atomic mass is 35.5. The second-order valence-electron chi connectivity index (χ2n) is 5.55. The SMILES string of the molecule is Cc1nc(Nc2ccc(F)c(Cl)c2)cc(C(=O)Nc2ccccc2C#N)n1. The van der Waals surface area contributed by atoms with Gasteiger partial charge in [0.1, 0.15) is 29.2 Å². The fraction of sp³-hybridized carbons (Fsp3) is 0.0526. The normalized spacial score (nSPS) is 10.1. The maximum atomic E-state index is 13.3. The van der Waals surface area contributed by atoms with Gasteiger partial charge in [-0.2, -0.15) is 5.26 Å². The molecule has 134 valence electrons. The zero-order chi connectivity index (χ0) is 19.4. The van der Waals surface area contributed by atoms with Crippen LogP contribution in [-0.2, 0) is 0 Å². The first kappa shape index (κ1) is 18.3. The molecule has 0 aliphatic carbocycles. The van der Waals surface area contributed by atoms with Crippen molar-refractivity contribution in [2.24, 2.45) is 0 Å². The van der Waals surface area contributed by atoms with Crippen LogP contribution >= 0.6 is 11.6 Å². The third-order valence-electron chi connectivity index (χ3n) is 3.56. The average molecular weight is 382 g/mol. The van der Waals surface area contributed by atoms with Crippen LogP contribution in [0, 0.1) is 24.1 Å². The monoisotopic (exact) mass is 381 g/mol. The maximum absolute atomic E-state index is 13.3. The zero-order valence-corrected chi connectivity index (χ0v) is 14.9. The molecule has 0 saturated heterocycles. The van der Waals surface area contributed by atoms with E-state index >= 15 is 0 Å². The molecule has 1 aromatic heterocycles. The van der Waals surface area contributed by atoms with Crippen molar-refractivity contribution in [3.05, 3.63) is 76.5 Å². The molecule has 1 heterocycles. The number of hydrogen-bond donors (Lipinski definition) is 2. The Labute approximate surface area is 159 Å². The van der Waals surface area contributed by atoms with Crippen molar-refractivity contribution < 1.29 is 9.18 Å². The summed E-state index contributed by atoms with van der Waals surface area (Å²) >= 11 is 5.77. The van der Waals surface area contributed by atoms with Crippen molar-refractivity contribution in [2.75, 3.05) is 10.6 Å². The Bertz CT molecular complexity index is 1060. The van der Waals surface area contributed by atoms with Crippen molar-refractivity contribution in [1.29, 1.82) is 5.26 Å². The maximum Gasteiger partial charge on any atom is 0.274 e. The van der Waals surface area contributed by atoms with E-state index in [4.69, 9.17) is 16.9 Å². The fourth-order valence-corrected chi connectivity index (χ4v) is 2.53. The number of halogens is 2. The van der Waals surface area contributed by atoms with Crippen LogP contribution in [0.15, 0.2) is 48.5 Å². The number of anilines is 3. The third kappa shape index (κ3) is 4.37. The lowest BCUT2D eigenvalue weighted by molar-refractivity contribution is 0.102. The summed E-state index contributed by atoms with van der Waals surface area (Å²) in [5.41, 5.74) is 1.36. The Morgan fingerprint density at radius 2 is 1.96 bits per heavy atom. The van der Waals surface area contributed by atoms with E-state index in [1.165, 1.54) is 24.3 Å². The van der Waals surface area contributed by atoms with Gasteiger partial charge in [-0.3, -0.25) is 4.79 Å². The molecule has 0 aliphatic heterocycles. The molecule has 0 saturated carbocycles. The second kappa shape index (κ2) is 7.81. The van der Waals surface area contributed by atoms with Crippen molar-refractivity contribution in [2.45, 2.75) is 6.92 Å². The van der Waals surface area contributed by atoms with Crippen LogP contribution in [0.25, 0.3) is 0 Å². The fourth-order valence-electron chi connectivity index (χ4n) is 2.35. The van der Waals surface area contributed by atoms with Crippen molar-refractivity contribution in [3.8, 4) is 6.07 Å². The van der Waals surface area contributed by atoms with E-state index in [1.54, 1.807) is 31.2 Å². The van der Waals surface area contributed by atoms with E-state index in [1.807, 2.05) is 6.07 Å². The van der Waals surface area contributed by atoms with Gasteiger partial charge in [-0.05, 0) is 37.3 Å². The van der Waals surface area contributed by atoms with Gasteiger partial charge < -0.3 is 10.6 Å². The van der Waals surface area contributed by atoms with Crippen LogP contribution in [0.4, 0.5) is 21.6 Å². The molecule has 27 heavy (non-hydrogen) atoms. The summed E-state index contributed by atoms with van der Waals surface area (Å²) in [6.07, 6.45) is 0. The first-order chi connectivity index (χ1) is 13.0. The number of aromatic nitrogens is 2. The Morgan fingerprint density at radius 1 is 1.19 bits per heavy atom. The number of nitrogens with one attached hydrogen (secondary N) is 2. The largest absolute Gasteiger partial charge is 0.340 e. The number of para-hydroxylation sites is 1. The van der Waals surface area contributed by atoms with Gasteiger partial charge in [0.15, 0.2) is 0 Å². The lowest BCUT2D eigenvalue weighted by Crippen LogP contribution is -2.16. The highest BCUT2D eigenvalue weighted by Gasteiger charge is 2.13. The Morgan fingerprint density at radius 3 is 2.70 bits per heavy atom. The summed E-state index contributed by atoms with van der Waals surface area (Å²) in [6, 6.07) is 14.3. The molecule has 3 aromatic rings. The molecule has 2 aromatic carbocycles. The lowest BCUT2D eigenvalue weighted by Gasteiger charge is -2.10. The van der Waals surface area contributed by atoms with Crippen molar-refractivity contribution >= 4 is 34.7 Å². The van der Waals surface area contributed by atoms with Crippen LogP contribution in [0.2, 0.25) is 5.02 Å². The first-order valence-corrected chi connectivity index (χ1v) is 8.22. The molecule has 0 unspecified atom stereocenters. The van der Waals surface area contributed by atoms with Crippen molar-refractivity contribution in [3.63, 3.8) is 0 Å². The molecular weight excluding hydrogens is 369 g/mol. The van der Waals surface area contributed by atoms with Crippen LogP contribution in [0.1, 0.15) is 21.9 Å². The second-order valence-corrected chi connectivity index (χ2v) is 5.96. The molecule has 0 spiro atoms. The average Bonchev–Trinajstić information content (AvgIpc) is 2.64. The van der Waals surface area contributed by atoms with Gasteiger partial charge in [0.25, 0.3) is 5.91 Å². The van der Waals surface area contributed by atoms with Gasteiger partial charge in [-0.25, -0.2) is 14.4 Å². The van der Waals surface area contributed by atoms with E-state index < -0.39 is 11.7 Å². The molecule has 0 bridgehead atoms. The minimum atomic E-state index is -0.530. The number of benzene rings is 2. The number of carbonyl (C=O) groups excluding carboxylic acids is 1. The predicted molar refractivity (Wildman–Crippen MR) is 101 cm³/mol. The van der Waals surface area contributed by atoms with E-state index in [0.717, 1.165) is 0 Å². The molecule has 0 aliphatic rings. The van der Waals surface area contributed by atoms with Gasteiger partial charge in [-0.15, -0.1) is 0 Å². The predicted octanol–water partition coefficient (Wildman–Crippen LogP) is 4.45. The van der Waals surface area contributed by atoms with Gasteiger partial charge in [0.2, 0.25) is 0 Å². The number of hydrogen-bond acceptors (Lipinski definition) is 5. The Hall–Kier alpha value is -3.50. The number of carbonyl (C=O) groups is 1. The van der Waals surface area contributed by atoms with Gasteiger partial charge in [0.05, 0.1) is 16.3 Å². The lowest BCUT2D eigenvalue weighted by atomic mass is 10.2. The number of nitriles is 1. The minimum Gasteiger partial charge on any atom is -0.340 e. The minimum absolute atomic E-state index is 0.0307. The Kier molecular flexibility index (Phi) is 5.29. The molecule has 8 heteroatoms. The van der Waals surface area contributed by atoms with E-state index in [2.05, 4.69) is 20.6 Å². The molecule has 3 rings (SSSR count). The molecule has 0 atom stereocenters. The summed E-state index contributed by atoms with van der Waals surface area (Å²) in [5, 5.41) is 14.7. The quantitative estimate of drug-likeness (QED) is 0.697. The molecule has 6 nitrogen and oxygen atoms in total. The summed E-state index contributed by atoms with van der Waals surface area (Å²) in [7, 11) is 0. The topological polar surface area (TPSA) is 90.7 Å². The van der Waals surface area contributed by atoms with E-state index in [9.17, 15) is 9.18 Å². The smallest absolute Gasteiger partial charge is 0.274 e. The summed E-state index contributed by atoms with van der Waals surface area (Å²) < 4.78 is 13.3. The van der Waals surface area contributed by atoms with E-state index in [0.29, 0.717) is 28.6 Å². The number of rotatable bonds is 4. The number of amides is 1. The van der Waals surface area contributed by atoms with Crippen LogP contribution in [0.5, 0.6) is 0 Å². The van der Waals surface area contributed by atoms with Gasteiger partial charge in [0, 0.05) is 11.8 Å². The number of aryl methyl sites for hydroxylation is 1. The Balaban J connectivity index is 1.85. The van der Waals surface area contributed by atoms with Crippen LogP contribution < -0.4 is 10.6 Å². The standard InChI is InChI=1S/C19H13ClFN5O/c1-11-23-17(19(27)26-16-5-3-2-4-12(16)10-22)9-18(24-11)25-13-6-7-15(21)14(20)8-13/h2-9H,1H3,(H,26,27)(H,23,24,25).